The smallest absolute Gasteiger partial charge is 0.325 e. The van der Waals surface area contributed by atoms with Crippen molar-refractivity contribution in [3.63, 3.8) is 0 Å². The van der Waals surface area contributed by atoms with E-state index in [2.05, 4.69) is 5.10 Å². The lowest BCUT2D eigenvalue weighted by Gasteiger charge is -2.25. The summed E-state index contributed by atoms with van der Waals surface area (Å²) in [7, 11) is 0. The zero-order valence-electron chi connectivity index (χ0n) is 12.9. The van der Waals surface area contributed by atoms with Gasteiger partial charge in [-0.2, -0.15) is 5.10 Å². The first-order valence-corrected chi connectivity index (χ1v) is 6.55. The van der Waals surface area contributed by atoms with Gasteiger partial charge in [0.1, 0.15) is 11.6 Å². The maximum atomic E-state index is 12.0. The van der Waals surface area contributed by atoms with E-state index >= 15 is 0 Å². The van der Waals surface area contributed by atoms with Gasteiger partial charge in [0.15, 0.2) is 0 Å². The summed E-state index contributed by atoms with van der Waals surface area (Å²) in [6.45, 7) is 13.3. The lowest BCUT2D eigenvalue weighted by atomic mass is 10.1. The molecule has 108 valence electrons. The Kier molecular flexibility index (Phi) is 4.40. The molecule has 0 saturated heterocycles. The fourth-order valence-corrected chi connectivity index (χ4v) is 1.86. The lowest BCUT2D eigenvalue weighted by molar-refractivity contribution is -0.157. The van der Waals surface area contributed by atoms with Crippen molar-refractivity contribution in [3.05, 3.63) is 17.0 Å². The summed E-state index contributed by atoms with van der Waals surface area (Å²) in [5.74, 6) is -0.398. The van der Waals surface area contributed by atoms with E-state index in [0.717, 1.165) is 17.0 Å². The number of hydrogen-bond donors (Lipinski definition) is 1. The Balaban J connectivity index is 2.90. The SMILES string of the molecule is Cc1nn(C(C)C(N)C(=O)OC(C)(C)C)c(C)c1C. The third kappa shape index (κ3) is 3.56. The molecule has 5 heteroatoms. The maximum absolute atomic E-state index is 12.0. The Labute approximate surface area is 115 Å². The first kappa shape index (κ1) is 15.7. The van der Waals surface area contributed by atoms with Crippen LogP contribution in [0.25, 0.3) is 0 Å². The molecule has 0 aliphatic heterocycles. The summed E-state index contributed by atoms with van der Waals surface area (Å²) in [5.41, 5.74) is 8.58. The normalized spacial score (nSPS) is 15.2. The molecule has 0 spiro atoms. The van der Waals surface area contributed by atoms with Gasteiger partial charge < -0.3 is 10.5 Å². The van der Waals surface area contributed by atoms with E-state index in [4.69, 9.17) is 10.5 Å². The summed E-state index contributed by atoms with van der Waals surface area (Å²) >= 11 is 0. The van der Waals surface area contributed by atoms with Crippen LogP contribution in [0.2, 0.25) is 0 Å². The number of aromatic nitrogens is 2. The lowest BCUT2D eigenvalue weighted by Crippen LogP contribution is -2.43. The zero-order chi connectivity index (χ0) is 15.0. The van der Waals surface area contributed by atoms with Gasteiger partial charge in [0.2, 0.25) is 0 Å². The van der Waals surface area contributed by atoms with Crippen LogP contribution in [0.4, 0.5) is 0 Å². The highest BCUT2D eigenvalue weighted by Crippen LogP contribution is 2.19. The van der Waals surface area contributed by atoms with Crippen LogP contribution in [0.3, 0.4) is 0 Å². The molecule has 1 aromatic heterocycles. The van der Waals surface area contributed by atoms with Crippen LogP contribution in [0.5, 0.6) is 0 Å². The first-order chi connectivity index (χ1) is 8.54. The number of hydrogen-bond acceptors (Lipinski definition) is 4. The van der Waals surface area contributed by atoms with E-state index in [1.54, 1.807) is 4.68 Å². The van der Waals surface area contributed by atoms with Crippen LogP contribution >= 0.6 is 0 Å². The second-order valence-electron chi connectivity index (χ2n) is 6.04. The van der Waals surface area contributed by atoms with E-state index < -0.39 is 17.6 Å². The van der Waals surface area contributed by atoms with Gasteiger partial charge in [-0.05, 0) is 54.0 Å². The Hall–Kier alpha value is -1.36. The molecular formula is C14H25N3O2. The third-order valence-corrected chi connectivity index (χ3v) is 3.27. The summed E-state index contributed by atoms with van der Waals surface area (Å²) in [4.78, 5) is 12.0. The molecule has 0 aliphatic rings. The second kappa shape index (κ2) is 5.33. The number of nitrogens with two attached hydrogens (primary N) is 1. The molecule has 0 amide bonds. The van der Waals surface area contributed by atoms with Gasteiger partial charge in [-0.1, -0.05) is 0 Å². The number of ether oxygens (including phenoxy) is 1. The highest BCUT2D eigenvalue weighted by Gasteiger charge is 2.29. The van der Waals surface area contributed by atoms with Crippen molar-refractivity contribution in [3.8, 4) is 0 Å². The molecule has 2 unspecified atom stereocenters. The minimum Gasteiger partial charge on any atom is -0.459 e. The van der Waals surface area contributed by atoms with Crippen LogP contribution in [0.15, 0.2) is 0 Å². The van der Waals surface area contributed by atoms with Crippen molar-refractivity contribution in [2.24, 2.45) is 5.73 Å². The molecule has 0 bridgehead atoms. The molecule has 19 heavy (non-hydrogen) atoms. The average molecular weight is 267 g/mol. The number of carbonyl (C=O) groups excluding carboxylic acids is 1. The summed E-state index contributed by atoms with van der Waals surface area (Å²) in [6, 6.07) is -0.959. The number of esters is 1. The molecule has 1 aromatic rings. The van der Waals surface area contributed by atoms with Crippen molar-refractivity contribution in [2.75, 3.05) is 0 Å². The number of carbonyl (C=O) groups is 1. The standard InChI is InChI=1S/C14H25N3O2/c1-8-9(2)16-17(10(8)3)11(4)12(15)13(18)19-14(5,6)7/h11-12H,15H2,1-7H3. The number of nitrogens with zero attached hydrogens (tertiary/aromatic N) is 2. The van der Waals surface area contributed by atoms with E-state index in [1.165, 1.54) is 0 Å². The minimum atomic E-state index is -0.725. The molecule has 0 aromatic carbocycles. The fraction of sp³-hybridized carbons (Fsp3) is 0.714. The molecule has 2 atom stereocenters. The molecule has 2 N–H and O–H groups in total. The van der Waals surface area contributed by atoms with Gasteiger partial charge in [0.05, 0.1) is 11.7 Å². The fourth-order valence-electron chi connectivity index (χ4n) is 1.86. The maximum Gasteiger partial charge on any atom is 0.325 e. The number of rotatable bonds is 3. The summed E-state index contributed by atoms with van der Waals surface area (Å²) in [6.07, 6.45) is 0. The van der Waals surface area contributed by atoms with Crippen LogP contribution in [-0.2, 0) is 9.53 Å². The first-order valence-electron chi connectivity index (χ1n) is 6.55. The highest BCUT2D eigenvalue weighted by atomic mass is 16.6. The van der Waals surface area contributed by atoms with Gasteiger partial charge in [-0.25, -0.2) is 0 Å². The minimum absolute atomic E-state index is 0.234. The molecule has 5 nitrogen and oxygen atoms in total. The Morgan fingerprint density at radius 3 is 2.21 bits per heavy atom. The predicted molar refractivity (Wildman–Crippen MR) is 75.0 cm³/mol. The molecule has 0 radical (unpaired) electrons. The average Bonchev–Trinajstić information content (AvgIpc) is 2.53. The summed E-state index contributed by atoms with van der Waals surface area (Å²) < 4.78 is 7.12. The molecule has 0 aliphatic carbocycles. The molecule has 1 heterocycles. The molecule has 1 rings (SSSR count). The van der Waals surface area contributed by atoms with E-state index in [0.29, 0.717) is 0 Å². The van der Waals surface area contributed by atoms with Gasteiger partial charge in [-0.3, -0.25) is 9.48 Å². The van der Waals surface area contributed by atoms with Gasteiger partial charge in [-0.15, -0.1) is 0 Å². The monoisotopic (exact) mass is 267 g/mol. The second-order valence-corrected chi connectivity index (χ2v) is 6.04. The molecule has 0 saturated carbocycles. The van der Waals surface area contributed by atoms with Crippen LogP contribution in [0.1, 0.15) is 50.7 Å². The highest BCUT2D eigenvalue weighted by molar-refractivity contribution is 5.76. The zero-order valence-corrected chi connectivity index (χ0v) is 12.9. The van der Waals surface area contributed by atoms with Crippen molar-refractivity contribution in [1.82, 2.24) is 9.78 Å². The topological polar surface area (TPSA) is 70.1 Å². The predicted octanol–water partition coefficient (Wildman–Crippen LogP) is 2.04. The Morgan fingerprint density at radius 1 is 1.32 bits per heavy atom. The van der Waals surface area contributed by atoms with Crippen molar-refractivity contribution in [2.45, 2.75) is 66.2 Å². The van der Waals surface area contributed by atoms with E-state index in [9.17, 15) is 4.79 Å². The Bertz CT molecular complexity index is 472. The van der Waals surface area contributed by atoms with Gasteiger partial charge in [0.25, 0.3) is 0 Å². The third-order valence-electron chi connectivity index (χ3n) is 3.27. The van der Waals surface area contributed by atoms with Crippen LogP contribution in [0, 0.1) is 20.8 Å². The van der Waals surface area contributed by atoms with Gasteiger partial charge >= 0.3 is 5.97 Å². The van der Waals surface area contributed by atoms with Crippen LogP contribution < -0.4 is 5.73 Å². The number of aryl methyl sites for hydroxylation is 1. The van der Waals surface area contributed by atoms with Crippen molar-refractivity contribution < 1.29 is 9.53 Å². The van der Waals surface area contributed by atoms with Crippen molar-refractivity contribution >= 4 is 5.97 Å². The van der Waals surface area contributed by atoms with Crippen LogP contribution in [-0.4, -0.2) is 27.4 Å². The van der Waals surface area contributed by atoms with Crippen molar-refractivity contribution in [1.29, 1.82) is 0 Å². The summed E-state index contributed by atoms with van der Waals surface area (Å²) in [5, 5.41) is 4.44. The van der Waals surface area contributed by atoms with E-state index in [-0.39, 0.29) is 6.04 Å². The molecule has 0 fully saturated rings. The molecular weight excluding hydrogens is 242 g/mol. The Morgan fingerprint density at radius 2 is 1.84 bits per heavy atom. The largest absolute Gasteiger partial charge is 0.459 e. The quantitative estimate of drug-likeness (QED) is 0.851. The van der Waals surface area contributed by atoms with Gasteiger partial charge in [0, 0.05) is 5.69 Å². The van der Waals surface area contributed by atoms with E-state index in [1.807, 2.05) is 48.5 Å².